The number of aromatic nitrogens is 2. The van der Waals surface area contributed by atoms with Gasteiger partial charge in [-0.05, 0) is 43.2 Å². The lowest BCUT2D eigenvalue weighted by atomic mass is 9.70. The van der Waals surface area contributed by atoms with E-state index in [-0.39, 0.29) is 5.41 Å². The average Bonchev–Trinajstić information content (AvgIpc) is 3.41. The van der Waals surface area contributed by atoms with E-state index in [9.17, 15) is 0 Å². The van der Waals surface area contributed by atoms with Gasteiger partial charge in [0, 0.05) is 5.41 Å². The number of unbranched alkanes of at least 4 members (excludes halogenated alkanes) is 11. The number of rotatable bonds is 20. The van der Waals surface area contributed by atoms with Gasteiger partial charge in [-0.1, -0.05) is 146 Å². The maximum absolute atomic E-state index is 2.56. The van der Waals surface area contributed by atoms with E-state index in [0.717, 1.165) is 13.0 Å². The summed E-state index contributed by atoms with van der Waals surface area (Å²) in [6.07, 6.45) is 26.9. The van der Waals surface area contributed by atoms with E-state index in [2.05, 4.69) is 109 Å². The predicted molar refractivity (Wildman–Crippen MR) is 164 cm³/mol. The Balaban J connectivity index is 1.78. The summed E-state index contributed by atoms with van der Waals surface area (Å²) in [4.78, 5) is 0. The highest BCUT2D eigenvalue weighted by molar-refractivity contribution is 5.30. The van der Waals surface area contributed by atoms with Crippen LogP contribution in [0.3, 0.4) is 0 Å². The summed E-state index contributed by atoms with van der Waals surface area (Å²) in [5, 5.41) is 0. The number of aryl methyl sites for hydroxylation is 1. The van der Waals surface area contributed by atoms with E-state index in [1.54, 1.807) is 0 Å². The third kappa shape index (κ3) is 9.75. The number of nitrogens with zero attached hydrogens (tertiary/aromatic N) is 2. The average molecular weight is 516 g/mol. The molecule has 3 aromatic rings. The van der Waals surface area contributed by atoms with Crippen molar-refractivity contribution in [2.45, 2.75) is 135 Å². The minimum absolute atomic E-state index is 0.0157. The first kappa shape index (κ1) is 30.2. The first-order chi connectivity index (χ1) is 18.7. The SMILES string of the molecule is CCCCCCCCCC(n1cc[n+](CCCCCCCC)c1)C(C)(Cc1ccccc1)c1ccccc1. The number of hydrogen-bond donors (Lipinski definition) is 0. The summed E-state index contributed by atoms with van der Waals surface area (Å²) in [6, 6.07) is 22.9. The van der Waals surface area contributed by atoms with E-state index in [1.807, 2.05) is 0 Å². The van der Waals surface area contributed by atoms with Crippen LogP contribution in [0.25, 0.3) is 0 Å². The van der Waals surface area contributed by atoms with Crippen molar-refractivity contribution in [2.24, 2.45) is 0 Å². The number of hydrogen-bond acceptors (Lipinski definition) is 0. The number of benzene rings is 2. The molecule has 3 rings (SSSR count). The second-order valence-electron chi connectivity index (χ2n) is 11.7. The molecule has 2 nitrogen and oxygen atoms in total. The third-order valence-corrected chi connectivity index (χ3v) is 8.51. The van der Waals surface area contributed by atoms with Crippen molar-refractivity contribution in [3.63, 3.8) is 0 Å². The zero-order chi connectivity index (χ0) is 26.9. The summed E-state index contributed by atoms with van der Waals surface area (Å²) < 4.78 is 5.00. The second kappa shape index (κ2) is 17.3. The van der Waals surface area contributed by atoms with Crippen molar-refractivity contribution in [3.05, 3.63) is 90.5 Å². The predicted octanol–water partition coefficient (Wildman–Crippen LogP) is 10.0. The summed E-state index contributed by atoms with van der Waals surface area (Å²) in [5.41, 5.74) is 2.89. The van der Waals surface area contributed by atoms with Gasteiger partial charge in [0.25, 0.3) is 0 Å². The quantitative estimate of drug-likeness (QED) is 0.105. The Labute approximate surface area is 234 Å². The second-order valence-corrected chi connectivity index (χ2v) is 11.7. The molecule has 2 atom stereocenters. The molecule has 0 radical (unpaired) electrons. The van der Waals surface area contributed by atoms with Crippen LogP contribution in [0.4, 0.5) is 0 Å². The maximum Gasteiger partial charge on any atom is 0.244 e. The largest absolute Gasteiger partial charge is 0.244 e. The molecule has 2 aromatic carbocycles. The molecule has 0 spiro atoms. The highest BCUT2D eigenvalue weighted by Gasteiger charge is 2.40. The van der Waals surface area contributed by atoms with Crippen LogP contribution in [-0.4, -0.2) is 4.57 Å². The molecule has 0 aliphatic rings. The zero-order valence-corrected chi connectivity index (χ0v) is 24.8. The lowest BCUT2D eigenvalue weighted by molar-refractivity contribution is -0.697. The van der Waals surface area contributed by atoms with Gasteiger partial charge in [-0.15, -0.1) is 0 Å². The topological polar surface area (TPSA) is 8.81 Å². The van der Waals surface area contributed by atoms with Crippen LogP contribution in [-0.2, 0) is 18.4 Å². The normalized spacial score (nSPS) is 13.9. The van der Waals surface area contributed by atoms with Gasteiger partial charge in [0.2, 0.25) is 6.33 Å². The van der Waals surface area contributed by atoms with Crippen LogP contribution < -0.4 is 4.57 Å². The van der Waals surface area contributed by atoms with Crippen molar-refractivity contribution in [1.82, 2.24) is 4.57 Å². The fourth-order valence-corrected chi connectivity index (χ4v) is 6.14. The molecule has 0 aliphatic carbocycles. The molecule has 0 fully saturated rings. The molecule has 1 heterocycles. The van der Waals surface area contributed by atoms with Crippen LogP contribution in [0.5, 0.6) is 0 Å². The molecule has 0 saturated carbocycles. The van der Waals surface area contributed by atoms with Crippen molar-refractivity contribution in [2.75, 3.05) is 0 Å². The van der Waals surface area contributed by atoms with Gasteiger partial charge in [-0.3, -0.25) is 0 Å². The molecule has 2 unspecified atom stereocenters. The van der Waals surface area contributed by atoms with Crippen LogP contribution in [0.1, 0.15) is 128 Å². The molecule has 0 aliphatic heterocycles. The van der Waals surface area contributed by atoms with Crippen LogP contribution in [0, 0.1) is 0 Å². The molecule has 208 valence electrons. The Morgan fingerprint density at radius 2 is 1.24 bits per heavy atom. The minimum Gasteiger partial charge on any atom is -0.237 e. The Morgan fingerprint density at radius 3 is 1.87 bits per heavy atom. The molecular formula is C36H55N2+. The lowest BCUT2D eigenvalue weighted by Gasteiger charge is -2.37. The van der Waals surface area contributed by atoms with Crippen LogP contribution in [0.2, 0.25) is 0 Å². The Morgan fingerprint density at radius 1 is 0.684 bits per heavy atom. The molecule has 0 N–H and O–H groups in total. The highest BCUT2D eigenvalue weighted by Crippen LogP contribution is 2.41. The summed E-state index contributed by atoms with van der Waals surface area (Å²) in [7, 11) is 0. The van der Waals surface area contributed by atoms with Gasteiger partial charge in [-0.2, -0.15) is 0 Å². The van der Waals surface area contributed by atoms with E-state index < -0.39 is 0 Å². The first-order valence-electron chi connectivity index (χ1n) is 15.8. The van der Waals surface area contributed by atoms with Crippen molar-refractivity contribution in [1.29, 1.82) is 0 Å². The Kier molecular flexibility index (Phi) is 13.7. The third-order valence-electron chi connectivity index (χ3n) is 8.51. The standard InChI is InChI=1S/C36H55N2/c1-4-6-8-10-12-13-21-27-35(38-30-29-37(32-38)28-22-14-11-9-7-5-2)36(3,34-25-19-16-20-26-34)31-33-23-17-15-18-24-33/h15-20,23-26,29-30,32,35H,4-14,21-22,27-28,31H2,1-3H3/q+1. The van der Waals surface area contributed by atoms with Crippen molar-refractivity contribution >= 4 is 0 Å². The summed E-state index contributed by atoms with van der Waals surface area (Å²) in [6.45, 7) is 8.24. The minimum atomic E-state index is 0.0157. The molecule has 1 aromatic heterocycles. The Bertz CT molecular complexity index is 977. The maximum atomic E-state index is 2.56. The van der Waals surface area contributed by atoms with E-state index in [1.165, 1.54) is 101 Å². The van der Waals surface area contributed by atoms with Gasteiger partial charge in [0.15, 0.2) is 0 Å². The molecule has 38 heavy (non-hydrogen) atoms. The summed E-state index contributed by atoms with van der Waals surface area (Å²) in [5.74, 6) is 0. The Hall–Kier alpha value is -2.35. The fourth-order valence-electron chi connectivity index (χ4n) is 6.14. The van der Waals surface area contributed by atoms with Gasteiger partial charge in [0.1, 0.15) is 18.4 Å². The van der Waals surface area contributed by atoms with E-state index in [0.29, 0.717) is 6.04 Å². The van der Waals surface area contributed by atoms with Crippen molar-refractivity contribution in [3.8, 4) is 0 Å². The van der Waals surface area contributed by atoms with Gasteiger partial charge < -0.3 is 0 Å². The number of imidazole rings is 1. The van der Waals surface area contributed by atoms with E-state index >= 15 is 0 Å². The van der Waals surface area contributed by atoms with Gasteiger partial charge in [0.05, 0.1) is 6.54 Å². The molecule has 0 amide bonds. The van der Waals surface area contributed by atoms with Gasteiger partial charge >= 0.3 is 0 Å². The molecule has 0 saturated heterocycles. The molecular weight excluding hydrogens is 460 g/mol. The van der Waals surface area contributed by atoms with E-state index in [4.69, 9.17) is 0 Å². The first-order valence-corrected chi connectivity index (χ1v) is 15.8. The summed E-state index contributed by atoms with van der Waals surface area (Å²) >= 11 is 0. The fraction of sp³-hybridized carbons (Fsp3) is 0.583. The van der Waals surface area contributed by atoms with Crippen LogP contribution in [0.15, 0.2) is 79.4 Å². The monoisotopic (exact) mass is 515 g/mol. The smallest absolute Gasteiger partial charge is 0.237 e. The zero-order valence-electron chi connectivity index (χ0n) is 24.8. The van der Waals surface area contributed by atoms with Crippen molar-refractivity contribution < 1.29 is 4.57 Å². The molecule has 2 heteroatoms. The van der Waals surface area contributed by atoms with Crippen LogP contribution >= 0.6 is 0 Å². The lowest BCUT2D eigenvalue weighted by Crippen LogP contribution is -2.38. The highest BCUT2D eigenvalue weighted by atomic mass is 15.1. The van der Waals surface area contributed by atoms with Gasteiger partial charge in [-0.25, -0.2) is 9.13 Å². The molecule has 0 bridgehead atoms.